The van der Waals surface area contributed by atoms with Crippen molar-refractivity contribution in [1.29, 1.82) is 0 Å². The molecule has 0 atom stereocenters. The molecule has 7 nitrogen and oxygen atoms in total. The number of aromatic nitrogens is 4. The maximum Gasteiger partial charge on any atom is 0.419 e. The lowest BCUT2D eigenvalue weighted by molar-refractivity contribution is -0.138. The smallest absolute Gasteiger partial charge is 0.377 e. The van der Waals surface area contributed by atoms with Crippen molar-refractivity contribution in [2.75, 3.05) is 43.1 Å². The van der Waals surface area contributed by atoms with Gasteiger partial charge in [0.2, 0.25) is 5.95 Å². The molecule has 1 aliphatic rings. The van der Waals surface area contributed by atoms with E-state index in [-0.39, 0.29) is 61.8 Å². The fraction of sp³-hybridized carbons (Fsp3) is 0.364. The number of rotatable bonds is 5. The third-order valence-corrected chi connectivity index (χ3v) is 5.35. The highest BCUT2D eigenvalue weighted by atomic mass is 19.4. The fourth-order valence-electron chi connectivity index (χ4n) is 3.69. The quantitative estimate of drug-likeness (QED) is 0.482. The summed E-state index contributed by atoms with van der Waals surface area (Å²) in [5.74, 6) is 0.312. The van der Waals surface area contributed by atoms with Crippen molar-refractivity contribution < 1.29 is 31.1 Å². The third kappa shape index (κ3) is 5.61. The van der Waals surface area contributed by atoms with Crippen LogP contribution in [0.1, 0.15) is 17.0 Å². The molecule has 3 heterocycles. The molecule has 35 heavy (non-hydrogen) atoms. The van der Waals surface area contributed by atoms with E-state index < -0.39 is 23.5 Å². The van der Waals surface area contributed by atoms with Crippen LogP contribution >= 0.6 is 0 Å². The number of alkyl halides is 6. The Morgan fingerprint density at radius 1 is 0.857 bits per heavy atom. The molecule has 0 bridgehead atoms. The molecule has 0 spiro atoms. The molecule has 0 aliphatic carbocycles. The molecule has 1 saturated heterocycles. The highest BCUT2D eigenvalue weighted by molar-refractivity contribution is 5.58. The average molecular weight is 498 g/mol. The standard InChI is InChI=1S/C22H20F6N6O/c1-35-13-17-30-18(14-4-2-5-15(12-14)21(23,24)25)32-20(31-17)34-10-8-33(9-11-34)19-16(22(26,27)28)6-3-7-29-19/h2-7,12H,8-11,13H2,1H3. The lowest BCUT2D eigenvalue weighted by Gasteiger charge is -2.36. The number of anilines is 2. The third-order valence-electron chi connectivity index (χ3n) is 5.35. The second kappa shape index (κ2) is 9.64. The minimum absolute atomic E-state index is 0.00429. The molecule has 0 amide bonds. The summed E-state index contributed by atoms with van der Waals surface area (Å²) in [4.78, 5) is 20.1. The van der Waals surface area contributed by atoms with Crippen molar-refractivity contribution >= 4 is 11.8 Å². The molecule has 2 aromatic heterocycles. The summed E-state index contributed by atoms with van der Waals surface area (Å²) in [6.07, 6.45) is -7.76. The van der Waals surface area contributed by atoms with Gasteiger partial charge in [-0.25, -0.2) is 9.97 Å². The summed E-state index contributed by atoms with van der Waals surface area (Å²) in [6.45, 7) is 0.970. The van der Waals surface area contributed by atoms with Gasteiger partial charge in [-0.3, -0.25) is 0 Å². The van der Waals surface area contributed by atoms with E-state index >= 15 is 0 Å². The molecule has 1 aliphatic heterocycles. The number of halogens is 6. The van der Waals surface area contributed by atoms with Crippen molar-refractivity contribution in [2.45, 2.75) is 19.0 Å². The van der Waals surface area contributed by atoms with Gasteiger partial charge >= 0.3 is 12.4 Å². The van der Waals surface area contributed by atoms with Crippen LogP contribution in [0, 0.1) is 0 Å². The topological polar surface area (TPSA) is 67.3 Å². The van der Waals surface area contributed by atoms with Crippen LogP contribution in [0.3, 0.4) is 0 Å². The number of hydrogen-bond donors (Lipinski definition) is 0. The lowest BCUT2D eigenvalue weighted by Crippen LogP contribution is -2.48. The van der Waals surface area contributed by atoms with Gasteiger partial charge in [-0.15, -0.1) is 0 Å². The zero-order chi connectivity index (χ0) is 25.2. The number of benzene rings is 1. The number of methoxy groups -OCH3 is 1. The van der Waals surface area contributed by atoms with Crippen molar-refractivity contribution in [2.24, 2.45) is 0 Å². The van der Waals surface area contributed by atoms with Gasteiger partial charge in [0.1, 0.15) is 12.4 Å². The van der Waals surface area contributed by atoms with Crippen LogP contribution in [-0.4, -0.2) is 53.2 Å². The number of pyridine rings is 1. The van der Waals surface area contributed by atoms with E-state index in [0.29, 0.717) is 0 Å². The molecule has 1 fully saturated rings. The SMILES string of the molecule is COCc1nc(-c2cccc(C(F)(F)F)c2)nc(N2CCN(c3ncccc3C(F)(F)F)CC2)n1. The number of hydrogen-bond acceptors (Lipinski definition) is 7. The number of ether oxygens (including phenoxy) is 1. The van der Waals surface area contributed by atoms with E-state index in [9.17, 15) is 26.3 Å². The lowest BCUT2D eigenvalue weighted by atomic mass is 10.1. The first-order chi connectivity index (χ1) is 16.6. The van der Waals surface area contributed by atoms with Gasteiger partial charge in [-0.2, -0.15) is 36.3 Å². The summed E-state index contributed by atoms with van der Waals surface area (Å²) in [6, 6.07) is 6.85. The molecule has 3 aromatic rings. The molecule has 0 unspecified atom stereocenters. The summed E-state index contributed by atoms with van der Waals surface area (Å²) >= 11 is 0. The summed E-state index contributed by atoms with van der Waals surface area (Å²) in [5, 5.41) is 0. The van der Waals surface area contributed by atoms with Crippen LogP contribution < -0.4 is 9.80 Å². The van der Waals surface area contributed by atoms with Gasteiger partial charge in [0.15, 0.2) is 11.6 Å². The Bertz CT molecular complexity index is 1180. The molecular formula is C22H20F6N6O. The Morgan fingerprint density at radius 2 is 1.57 bits per heavy atom. The average Bonchev–Trinajstić information content (AvgIpc) is 2.83. The second-order valence-electron chi connectivity index (χ2n) is 7.73. The molecule has 4 rings (SSSR count). The van der Waals surface area contributed by atoms with E-state index in [4.69, 9.17) is 4.74 Å². The Morgan fingerprint density at radius 3 is 2.23 bits per heavy atom. The van der Waals surface area contributed by atoms with Gasteiger partial charge in [0, 0.05) is 45.0 Å². The van der Waals surface area contributed by atoms with Crippen LogP contribution in [0.15, 0.2) is 42.6 Å². The Balaban J connectivity index is 1.60. The van der Waals surface area contributed by atoms with Crippen LogP contribution in [0.2, 0.25) is 0 Å². The van der Waals surface area contributed by atoms with E-state index in [2.05, 4.69) is 19.9 Å². The van der Waals surface area contributed by atoms with Gasteiger partial charge in [-0.05, 0) is 24.3 Å². The van der Waals surface area contributed by atoms with Crippen molar-refractivity contribution in [3.63, 3.8) is 0 Å². The minimum atomic E-state index is -4.54. The molecule has 1 aromatic carbocycles. The second-order valence-corrected chi connectivity index (χ2v) is 7.73. The Labute approximate surface area is 196 Å². The van der Waals surface area contributed by atoms with E-state index in [1.807, 2.05) is 0 Å². The van der Waals surface area contributed by atoms with Crippen LogP contribution in [-0.2, 0) is 23.7 Å². The highest BCUT2D eigenvalue weighted by Crippen LogP contribution is 2.36. The van der Waals surface area contributed by atoms with E-state index in [1.54, 1.807) is 4.90 Å². The van der Waals surface area contributed by atoms with Crippen LogP contribution in [0.4, 0.5) is 38.1 Å². The molecule has 186 valence electrons. The maximum absolute atomic E-state index is 13.4. The zero-order valence-electron chi connectivity index (χ0n) is 18.4. The molecule has 0 saturated carbocycles. The van der Waals surface area contributed by atoms with Crippen LogP contribution in [0.5, 0.6) is 0 Å². The summed E-state index contributed by atoms with van der Waals surface area (Å²) < 4.78 is 84.7. The number of piperazine rings is 1. The molecule has 13 heteroatoms. The van der Waals surface area contributed by atoms with Gasteiger partial charge in [-0.1, -0.05) is 12.1 Å². The summed E-state index contributed by atoms with van der Waals surface area (Å²) in [5.41, 5.74) is -1.50. The first-order valence-electron chi connectivity index (χ1n) is 10.5. The van der Waals surface area contributed by atoms with Gasteiger partial charge in [0.25, 0.3) is 0 Å². The van der Waals surface area contributed by atoms with Gasteiger partial charge in [0.05, 0.1) is 11.1 Å². The summed E-state index contributed by atoms with van der Waals surface area (Å²) in [7, 11) is 1.43. The highest BCUT2D eigenvalue weighted by Gasteiger charge is 2.36. The first kappa shape index (κ1) is 24.6. The molecule has 0 N–H and O–H groups in total. The van der Waals surface area contributed by atoms with E-state index in [1.165, 1.54) is 36.4 Å². The van der Waals surface area contributed by atoms with Gasteiger partial charge < -0.3 is 14.5 Å². The predicted octanol–water partition coefficient (Wildman–Crippen LogP) is 4.44. The first-order valence-corrected chi connectivity index (χ1v) is 10.5. The maximum atomic E-state index is 13.4. The van der Waals surface area contributed by atoms with Crippen molar-refractivity contribution in [3.05, 3.63) is 59.5 Å². The minimum Gasteiger partial charge on any atom is -0.377 e. The Hall–Kier alpha value is -3.48. The molecular weight excluding hydrogens is 478 g/mol. The fourth-order valence-corrected chi connectivity index (χ4v) is 3.69. The monoisotopic (exact) mass is 498 g/mol. The van der Waals surface area contributed by atoms with E-state index in [0.717, 1.165) is 18.2 Å². The largest absolute Gasteiger partial charge is 0.419 e. The van der Waals surface area contributed by atoms with Crippen molar-refractivity contribution in [1.82, 2.24) is 19.9 Å². The predicted molar refractivity (Wildman–Crippen MR) is 115 cm³/mol. The Kier molecular flexibility index (Phi) is 6.79. The number of nitrogens with zero attached hydrogens (tertiary/aromatic N) is 6. The molecule has 0 radical (unpaired) electrons. The normalized spacial score (nSPS) is 14.9. The van der Waals surface area contributed by atoms with Crippen LogP contribution in [0.25, 0.3) is 11.4 Å². The zero-order valence-corrected chi connectivity index (χ0v) is 18.4. The van der Waals surface area contributed by atoms with Crippen molar-refractivity contribution in [3.8, 4) is 11.4 Å².